The third-order valence-electron chi connectivity index (χ3n) is 4.43. The zero-order valence-electron chi connectivity index (χ0n) is 18.8. The molecule has 13 N–H and O–H groups in total. The number of carbonyl (C=O) groups excluding carboxylic acids is 4. The van der Waals surface area contributed by atoms with E-state index in [1.54, 1.807) is 0 Å². The van der Waals surface area contributed by atoms with Crippen molar-refractivity contribution in [1.29, 1.82) is 0 Å². The first-order valence-electron chi connectivity index (χ1n) is 10.3. The Bertz CT molecular complexity index is 820. The molecule has 0 aliphatic heterocycles. The van der Waals surface area contributed by atoms with Gasteiger partial charge in [-0.1, -0.05) is 0 Å². The van der Waals surface area contributed by atoms with Crippen LogP contribution in [0.3, 0.4) is 0 Å². The van der Waals surface area contributed by atoms with Crippen molar-refractivity contribution in [2.45, 2.75) is 56.3 Å². The minimum Gasteiger partial charge on any atom is -0.481 e. The van der Waals surface area contributed by atoms with Crippen molar-refractivity contribution in [3.63, 3.8) is 0 Å². The van der Waals surface area contributed by atoms with E-state index in [1.807, 2.05) is 0 Å². The van der Waals surface area contributed by atoms with Crippen LogP contribution in [0.15, 0.2) is 4.99 Å². The number of aliphatic imine (C=N–C) groups is 1. The Labute approximate surface area is 206 Å². The summed E-state index contributed by atoms with van der Waals surface area (Å²) in [6.45, 7) is 0.0994. The zero-order chi connectivity index (χ0) is 27.1. The van der Waals surface area contributed by atoms with E-state index in [0.717, 1.165) is 0 Å². The van der Waals surface area contributed by atoms with E-state index in [1.165, 1.54) is 0 Å². The fourth-order valence-corrected chi connectivity index (χ4v) is 2.85. The summed E-state index contributed by atoms with van der Waals surface area (Å²) in [5.74, 6) is -6.79. The van der Waals surface area contributed by atoms with E-state index in [0.29, 0.717) is 0 Å². The van der Waals surface area contributed by atoms with Crippen LogP contribution in [-0.2, 0) is 28.8 Å². The van der Waals surface area contributed by atoms with Crippen molar-refractivity contribution in [3.8, 4) is 0 Å². The minimum absolute atomic E-state index is 0.0775. The number of carboxylic acids is 2. The Hall–Kier alpha value is -3.60. The highest BCUT2D eigenvalue weighted by atomic mass is 32.1. The van der Waals surface area contributed by atoms with Crippen LogP contribution in [-0.4, -0.2) is 88.2 Å². The summed E-state index contributed by atoms with van der Waals surface area (Å²) >= 11 is 3.96. The van der Waals surface area contributed by atoms with Gasteiger partial charge in [-0.15, -0.1) is 0 Å². The fourth-order valence-electron chi connectivity index (χ4n) is 2.59. The number of nitrogens with two attached hydrogens (primary N) is 4. The highest BCUT2D eigenvalue weighted by Crippen LogP contribution is 2.03. The highest BCUT2D eigenvalue weighted by Gasteiger charge is 2.31. The van der Waals surface area contributed by atoms with Crippen molar-refractivity contribution >= 4 is 54.2 Å². The maximum absolute atomic E-state index is 12.6. The normalized spacial score (nSPS) is 13.9. The zero-order valence-corrected chi connectivity index (χ0v) is 19.7. The summed E-state index contributed by atoms with van der Waals surface area (Å²) in [7, 11) is 0. The molecule has 0 aliphatic carbocycles. The lowest BCUT2D eigenvalue weighted by Gasteiger charge is -2.23. The van der Waals surface area contributed by atoms with Crippen molar-refractivity contribution in [1.82, 2.24) is 16.0 Å². The quantitative estimate of drug-likeness (QED) is 0.0377. The number of hydrogen-bond donors (Lipinski definition) is 10. The standard InChI is InChI=1S/C18H32N8O8S/c19-8(3-4-12(20)27)14(30)26-11(7-35)16(32)25-10(6-13(28)29)15(31)24-9(17(33)34)2-1-5-23-18(21)22/h8-11,35H,1-7,19H2,(H2,20,27)(H,24,31)(H,25,32)(H,26,30)(H,28,29)(H,33,34)(H4,21,22,23). The average molecular weight is 521 g/mol. The number of nitrogens with zero attached hydrogens (tertiary/aromatic N) is 1. The number of nitrogens with one attached hydrogen (secondary N) is 3. The van der Waals surface area contributed by atoms with E-state index in [2.05, 4.69) is 33.6 Å². The number of carbonyl (C=O) groups is 6. The molecule has 0 aliphatic rings. The molecule has 4 atom stereocenters. The molecule has 16 nitrogen and oxygen atoms in total. The van der Waals surface area contributed by atoms with Gasteiger partial charge in [-0.3, -0.25) is 29.0 Å². The predicted molar refractivity (Wildman–Crippen MR) is 126 cm³/mol. The molecule has 0 spiro atoms. The maximum Gasteiger partial charge on any atom is 0.326 e. The van der Waals surface area contributed by atoms with Gasteiger partial charge >= 0.3 is 11.9 Å². The molecule has 17 heteroatoms. The first kappa shape index (κ1) is 31.4. The summed E-state index contributed by atoms with van der Waals surface area (Å²) in [5, 5.41) is 25.0. The molecule has 198 valence electrons. The van der Waals surface area contributed by atoms with Crippen LogP contribution in [0, 0.1) is 0 Å². The average Bonchev–Trinajstić information content (AvgIpc) is 2.75. The second kappa shape index (κ2) is 16.1. The van der Waals surface area contributed by atoms with Gasteiger partial charge in [0.05, 0.1) is 12.5 Å². The van der Waals surface area contributed by atoms with Crippen LogP contribution in [0.25, 0.3) is 0 Å². The first-order chi connectivity index (χ1) is 16.3. The lowest BCUT2D eigenvalue weighted by Crippen LogP contribution is -2.58. The molecular formula is C18H32N8O8S. The summed E-state index contributed by atoms with van der Waals surface area (Å²) in [6.07, 6.45) is -1.00. The molecule has 0 saturated carbocycles. The SMILES string of the molecule is NC(=O)CCC(N)C(=O)NC(CS)C(=O)NC(CC(=O)O)C(=O)NC(CCCN=C(N)N)C(=O)O. The summed E-state index contributed by atoms with van der Waals surface area (Å²) < 4.78 is 0. The first-order valence-corrected chi connectivity index (χ1v) is 11.0. The highest BCUT2D eigenvalue weighted by molar-refractivity contribution is 7.80. The second-order valence-corrected chi connectivity index (χ2v) is 7.73. The van der Waals surface area contributed by atoms with Gasteiger partial charge in [0.15, 0.2) is 5.96 Å². The number of hydrogen-bond acceptors (Lipinski definition) is 9. The monoisotopic (exact) mass is 520 g/mol. The predicted octanol–water partition coefficient (Wildman–Crippen LogP) is -4.42. The fraction of sp³-hybridized carbons (Fsp3) is 0.611. The number of rotatable bonds is 17. The Balaban J connectivity index is 5.24. The second-order valence-electron chi connectivity index (χ2n) is 7.36. The Morgan fingerprint density at radius 2 is 1.37 bits per heavy atom. The van der Waals surface area contributed by atoms with Crippen molar-refractivity contribution in [3.05, 3.63) is 0 Å². The Morgan fingerprint density at radius 1 is 0.829 bits per heavy atom. The lowest BCUT2D eigenvalue weighted by atomic mass is 10.1. The molecule has 0 fully saturated rings. The minimum atomic E-state index is -1.66. The lowest BCUT2D eigenvalue weighted by molar-refractivity contribution is -0.143. The van der Waals surface area contributed by atoms with Gasteiger partial charge in [0.1, 0.15) is 18.1 Å². The Morgan fingerprint density at radius 3 is 1.86 bits per heavy atom. The smallest absolute Gasteiger partial charge is 0.326 e. The Kier molecular flexibility index (Phi) is 14.4. The van der Waals surface area contributed by atoms with E-state index in [9.17, 15) is 33.9 Å². The van der Waals surface area contributed by atoms with Gasteiger partial charge in [-0.05, 0) is 19.3 Å². The van der Waals surface area contributed by atoms with Crippen LogP contribution >= 0.6 is 12.6 Å². The molecule has 35 heavy (non-hydrogen) atoms. The van der Waals surface area contributed by atoms with Crippen molar-refractivity contribution in [2.75, 3.05) is 12.3 Å². The number of thiol groups is 1. The van der Waals surface area contributed by atoms with Crippen molar-refractivity contribution < 1.29 is 39.0 Å². The molecule has 0 aromatic rings. The summed E-state index contributed by atoms with van der Waals surface area (Å²) in [6, 6.07) is -5.55. The van der Waals surface area contributed by atoms with Crippen LogP contribution < -0.4 is 38.9 Å². The number of primary amides is 1. The number of amides is 4. The third-order valence-corrected chi connectivity index (χ3v) is 4.79. The van der Waals surface area contributed by atoms with Crippen LogP contribution in [0.5, 0.6) is 0 Å². The molecular weight excluding hydrogens is 488 g/mol. The van der Waals surface area contributed by atoms with E-state index in [-0.39, 0.29) is 43.9 Å². The molecule has 0 bridgehead atoms. The molecule has 0 aromatic heterocycles. The van der Waals surface area contributed by atoms with E-state index in [4.69, 9.17) is 28.0 Å². The van der Waals surface area contributed by atoms with Crippen LogP contribution in [0.1, 0.15) is 32.1 Å². The van der Waals surface area contributed by atoms with Crippen molar-refractivity contribution in [2.24, 2.45) is 27.9 Å². The summed E-state index contributed by atoms with van der Waals surface area (Å²) in [4.78, 5) is 74.5. The molecule has 0 saturated heterocycles. The maximum atomic E-state index is 12.6. The van der Waals surface area contributed by atoms with Gasteiger partial charge < -0.3 is 49.1 Å². The van der Waals surface area contributed by atoms with Gasteiger partial charge in [-0.25, -0.2) is 4.79 Å². The largest absolute Gasteiger partial charge is 0.481 e. The molecule has 4 unspecified atom stereocenters. The third kappa shape index (κ3) is 13.6. The topological polar surface area (TPSA) is 295 Å². The van der Waals surface area contributed by atoms with Gasteiger partial charge in [0.2, 0.25) is 23.6 Å². The van der Waals surface area contributed by atoms with Gasteiger partial charge in [0, 0.05) is 18.7 Å². The molecule has 4 amide bonds. The number of aliphatic carboxylic acids is 2. The van der Waals surface area contributed by atoms with Gasteiger partial charge in [-0.2, -0.15) is 12.6 Å². The van der Waals surface area contributed by atoms with E-state index >= 15 is 0 Å². The van der Waals surface area contributed by atoms with Gasteiger partial charge in [0.25, 0.3) is 0 Å². The van der Waals surface area contributed by atoms with Crippen LogP contribution in [0.4, 0.5) is 0 Å². The van der Waals surface area contributed by atoms with E-state index < -0.39 is 66.2 Å². The molecule has 0 radical (unpaired) electrons. The number of guanidine groups is 1. The summed E-state index contributed by atoms with van der Waals surface area (Å²) in [5.41, 5.74) is 21.0. The van der Waals surface area contributed by atoms with Crippen LogP contribution in [0.2, 0.25) is 0 Å². The molecule has 0 heterocycles. The molecule has 0 aromatic carbocycles. The molecule has 0 rings (SSSR count). The number of carboxylic acid groups (broad SMARTS) is 2.